The van der Waals surface area contributed by atoms with Crippen LogP contribution in [0.3, 0.4) is 0 Å². The van der Waals surface area contributed by atoms with E-state index in [4.69, 9.17) is 4.74 Å². The highest BCUT2D eigenvalue weighted by molar-refractivity contribution is 6.01. The third kappa shape index (κ3) is 1.95. The average molecular weight is 327 g/mol. The second-order valence-corrected chi connectivity index (χ2v) is 5.95. The molecule has 2 aromatic rings. The number of benzene rings is 1. The molecule has 4 rings (SSSR count). The molecule has 0 saturated carbocycles. The van der Waals surface area contributed by atoms with Gasteiger partial charge in [-0.05, 0) is 29.5 Å². The number of hydrogen-bond acceptors (Lipinski definition) is 6. The second kappa shape index (κ2) is 5.40. The van der Waals surface area contributed by atoms with E-state index in [9.17, 15) is 9.59 Å². The maximum atomic E-state index is 12.6. The number of rotatable bonds is 4. The van der Waals surface area contributed by atoms with Crippen LogP contribution in [0, 0.1) is 0 Å². The van der Waals surface area contributed by atoms with Gasteiger partial charge in [0.15, 0.2) is 5.82 Å². The van der Waals surface area contributed by atoms with E-state index in [0.29, 0.717) is 31.7 Å². The summed E-state index contributed by atoms with van der Waals surface area (Å²) in [5.41, 5.74) is 0.882. The molecule has 2 aliphatic heterocycles. The Balaban J connectivity index is 1.81. The van der Waals surface area contributed by atoms with Gasteiger partial charge in [0.25, 0.3) is 0 Å². The highest BCUT2D eigenvalue weighted by Gasteiger charge is 2.53. The number of anilines is 1. The normalized spacial score (nSPS) is 21.2. The van der Waals surface area contributed by atoms with E-state index in [1.54, 1.807) is 16.5 Å². The first kappa shape index (κ1) is 14.8. The number of carbonyl (C=O) groups excluding carboxylic acids is 2. The molecule has 0 bridgehead atoms. The zero-order chi connectivity index (χ0) is 16.7. The van der Waals surface area contributed by atoms with Crippen LogP contribution in [0.5, 0.6) is 0 Å². The summed E-state index contributed by atoms with van der Waals surface area (Å²) in [5.74, 6) is 0.368. The van der Waals surface area contributed by atoms with Gasteiger partial charge in [-0.15, -0.1) is 5.10 Å². The molecule has 3 heterocycles. The van der Waals surface area contributed by atoms with Crippen LogP contribution in [0.1, 0.15) is 32.6 Å². The minimum Gasteiger partial charge on any atom is -0.466 e. The summed E-state index contributed by atoms with van der Waals surface area (Å²) in [6.07, 6.45) is 1.59. The monoisotopic (exact) mass is 327 g/mol. The number of ether oxygens (including phenoxy) is 1. The van der Waals surface area contributed by atoms with Crippen LogP contribution in [-0.2, 0) is 20.0 Å². The van der Waals surface area contributed by atoms with Gasteiger partial charge in [-0.25, -0.2) is 0 Å². The van der Waals surface area contributed by atoms with Gasteiger partial charge in [-0.1, -0.05) is 12.1 Å². The van der Waals surface area contributed by atoms with Gasteiger partial charge in [0.2, 0.25) is 5.91 Å². The molecule has 124 valence electrons. The lowest BCUT2D eigenvalue weighted by molar-refractivity contribution is -0.143. The Kier molecular flexibility index (Phi) is 3.33. The fourth-order valence-corrected chi connectivity index (χ4v) is 3.69. The summed E-state index contributed by atoms with van der Waals surface area (Å²) < 4.78 is 6.73. The summed E-state index contributed by atoms with van der Waals surface area (Å²) in [5, 5.41) is 12.1. The lowest BCUT2D eigenvalue weighted by atomic mass is 9.95. The van der Waals surface area contributed by atoms with Gasteiger partial charge in [-0.3, -0.25) is 14.5 Å². The van der Waals surface area contributed by atoms with E-state index in [-0.39, 0.29) is 18.3 Å². The first-order chi connectivity index (χ1) is 11.7. The number of nitrogens with zero attached hydrogens (tertiary/aromatic N) is 5. The zero-order valence-electron chi connectivity index (χ0n) is 13.3. The average Bonchev–Trinajstić information content (AvgIpc) is 3.20. The summed E-state index contributed by atoms with van der Waals surface area (Å²) in [4.78, 5) is 26.2. The molecule has 1 aromatic carbocycles. The van der Waals surface area contributed by atoms with Crippen molar-refractivity contribution >= 4 is 17.6 Å². The van der Waals surface area contributed by atoms with Crippen LogP contribution in [0.4, 0.5) is 5.69 Å². The van der Waals surface area contributed by atoms with Crippen molar-refractivity contribution in [3.8, 4) is 11.4 Å². The molecule has 0 spiro atoms. The van der Waals surface area contributed by atoms with Crippen molar-refractivity contribution in [3.05, 3.63) is 24.3 Å². The minimum atomic E-state index is -0.739. The third-order valence-electron chi connectivity index (χ3n) is 4.69. The number of para-hydroxylation sites is 1. The number of aromatic nitrogens is 4. The van der Waals surface area contributed by atoms with Gasteiger partial charge in [0.05, 0.1) is 12.3 Å². The molecular formula is C16H17N5O3. The largest absolute Gasteiger partial charge is 0.466 e. The zero-order valence-corrected chi connectivity index (χ0v) is 13.3. The summed E-state index contributed by atoms with van der Waals surface area (Å²) in [7, 11) is 0. The SMILES string of the molecule is CCOC(=O)CCC12CCC(=O)N1c1ccccc1-c1nnnn12. The molecule has 1 amide bonds. The van der Waals surface area contributed by atoms with Crippen LogP contribution in [-0.4, -0.2) is 38.7 Å². The van der Waals surface area contributed by atoms with Gasteiger partial charge in [0.1, 0.15) is 5.66 Å². The lowest BCUT2D eigenvalue weighted by Gasteiger charge is -2.42. The standard InChI is InChI=1S/C16H17N5O3/c1-2-24-14(23)8-10-16-9-7-13(22)20(16)12-6-4-3-5-11(12)15-17-18-19-21(15)16/h3-6H,2,7-10H2,1H3. The first-order valence-corrected chi connectivity index (χ1v) is 8.04. The molecule has 1 aromatic heterocycles. The lowest BCUT2D eigenvalue weighted by Crippen LogP contribution is -2.51. The van der Waals surface area contributed by atoms with Crippen molar-refractivity contribution in [2.24, 2.45) is 0 Å². The number of amides is 1. The molecule has 2 aliphatic rings. The van der Waals surface area contributed by atoms with Crippen LogP contribution in [0.15, 0.2) is 24.3 Å². The number of hydrogen-bond donors (Lipinski definition) is 0. The van der Waals surface area contributed by atoms with Gasteiger partial charge >= 0.3 is 5.97 Å². The molecule has 1 atom stereocenters. The van der Waals surface area contributed by atoms with E-state index in [1.807, 2.05) is 24.3 Å². The molecular weight excluding hydrogens is 310 g/mol. The molecule has 0 N–H and O–H groups in total. The number of fused-ring (bicyclic) bond motifs is 6. The topological polar surface area (TPSA) is 90.2 Å². The molecule has 0 radical (unpaired) electrons. The van der Waals surface area contributed by atoms with E-state index in [1.165, 1.54) is 0 Å². The van der Waals surface area contributed by atoms with Crippen LogP contribution < -0.4 is 4.90 Å². The molecule has 24 heavy (non-hydrogen) atoms. The fourth-order valence-electron chi connectivity index (χ4n) is 3.69. The summed E-state index contributed by atoms with van der Waals surface area (Å²) >= 11 is 0. The van der Waals surface area contributed by atoms with E-state index in [2.05, 4.69) is 15.5 Å². The predicted molar refractivity (Wildman–Crippen MR) is 83.8 cm³/mol. The van der Waals surface area contributed by atoms with Crippen LogP contribution >= 0.6 is 0 Å². The van der Waals surface area contributed by atoms with Crippen molar-refractivity contribution in [1.29, 1.82) is 0 Å². The van der Waals surface area contributed by atoms with Crippen molar-refractivity contribution < 1.29 is 14.3 Å². The Bertz CT molecular complexity index is 818. The van der Waals surface area contributed by atoms with E-state index < -0.39 is 5.66 Å². The molecule has 1 fully saturated rings. The van der Waals surface area contributed by atoms with Crippen molar-refractivity contribution in [1.82, 2.24) is 20.2 Å². The Morgan fingerprint density at radius 2 is 2.21 bits per heavy atom. The highest BCUT2D eigenvalue weighted by atomic mass is 16.5. The number of tetrazole rings is 1. The van der Waals surface area contributed by atoms with Crippen molar-refractivity contribution in [3.63, 3.8) is 0 Å². The quantitative estimate of drug-likeness (QED) is 0.790. The predicted octanol–water partition coefficient (Wildman–Crippen LogP) is 1.48. The summed E-state index contributed by atoms with van der Waals surface area (Å²) in [6.45, 7) is 2.12. The number of esters is 1. The Morgan fingerprint density at radius 3 is 3.04 bits per heavy atom. The highest BCUT2D eigenvalue weighted by Crippen LogP contribution is 2.49. The fraction of sp³-hybridized carbons (Fsp3) is 0.438. The third-order valence-corrected chi connectivity index (χ3v) is 4.69. The Labute approximate surface area is 138 Å². The van der Waals surface area contributed by atoms with E-state index >= 15 is 0 Å². The van der Waals surface area contributed by atoms with Gasteiger partial charge in [0, 0.05) is 31.2 Å². The maximum absolute atomic E-state index is 12.6. The summed E-state index contributed by atoms with van der Waals surface area (Å²) in [6, 6.07) is 7.58. The minimum absolute atomic E-state index is 0.0208. The molecule has 1 unspecified atom stereocenters. The van der Waals surface area contributed by atoms with Gasteiger partial charge < -0.3 is 4.74 Å². The number of carbonyl (C=O) groups is 2. The van der Waals surface area contributed by atoms with E-state index in [0.717, 1.165) is 11.3 Å². The smallest absolute Gasteiger partial charge is 0.305 e. The van der Waals surface area contributed by atoms with Gasteiger partial charge in [-0.2, -0.15) is 4.68 Å². The van der Waals surface area contributed by atoms with Crippen molar-refractivity contribution in [2.45, 2.75) is 38.3 Å². The molecule has 1 saturated heterocycles. The maximum Gasteiger partial charge on any atom is 0.305 e. The van der Waals surface area contributed by atoms with Crippen LogP contribution in [0.2, 0.25) is 0 Å². The first-order valence-electron chi connectivity index (χ1n) is 8.04. The Morgan fingerprint density at radius 1 is 1.38 bits per heavy atom. The molecule has 8 nitrogen and oxygen atoms in total. The molecule has 0 aliphatic carbocycles. The Hall–Kier alpha value is -2.77. The van der Waals surface area contributed by atoms with Crippen LogP contribution in [0.25, 0.3) is 11.4 Å². The van der Waals surface area contributed by atoms with Crippen molar-refractivity contribution in [2.75, 3.05) is 11.5 Å². The second-order valence-electron chi connectivity index (χ2n) is 5.95. The molecule has 8 heteroatoms.